The number of anilines is 1. The van der Waals surface area contributed by atoms with Gasteiger partial charge in [-0.15, -0.1) is 11.8 Å². The van der Waals surface area contributed by atoms with E-state index >= 15 is 0 Å². The maximum atomic E-state index is 12.5. The number of benzene rings is 1. The highest BCUT2D eigenvalue weighted by Gasteiger charge is 2.42. The number of amides is 2. The molecule has 1 atom stereocenters. The number of nitrogens with one attached hydrogen (secondary N) is 2. The molecule has 2 saturated carbocycles. The first-order valence-corrected chi connectivity index (χ1v) is 8.92. The Kier molecular flexibility index (Phi) is 3.40. The second-order valence-corrected chi connectivity index (χ2v) is 8.02. The van der Waals surface area contributed by atoms with Crippen LogP contribution in [-0.4, -0.2) is 23.1 Å². The molecule has 4 rings (SSSR count). The first-order chi connectivity index (χ1) is 10.6. The van der Waals surface area contributed by atoms with E-state index in [2.05, 4.69) is 10.6 Å². The van der Waals surface area contributed by atoms with Crippen LogP contribution in [0.2, 0.25) is 0 Å². The van der Waals surface area contributed by atoms with Gasteiger partial charge in [0.05, 0.1) is 10.9 Å². The van der Waals surface area contributed by atoms with E-state index in [9.17, 15) is 9.59 Å². The summed E-state index contributed by atoms with van der Waals surface area (Å²) >= 11 is 1.54. The van der Waals surface area contributed by atoms with E-state index in [1.807, 2.05) is 19.1 Å². The van der Waals surface area contributed by atoms with E-state index in [1.165, 1.54) is 25.7 Å². The van der Waals surface area contributed by atoms with Crippen molar-refractivity contribution in [2.45, 2.75) is 48.8 Å². The summed E-state index contributed by atoms with van der Waals surface area (Å²) in [6, 6.07) is 5.96. The average molecular weight is 316 g/mol. The van der Waals surface area contributed by atoms with Crippen molar-refractivity contribution in [2.24, 2.45) is 11.8 Å². The Bertz CT molecular complexity index is 626. The van der Waals surface area contributed by atoms with Crippen molar-refractivity contribution in [2.75, 3.05) is 5.32 Å². The Morgan fingerprint density at radius 2 is 1.95 bits per heavy atom. The molecule has 116 valence electrons. The lowest BCUT2D eigenvalue weighted by molar-refractivity contribution is -0.115. The van der Waals surface area contributed by atoms with Crippen LogP contribution in [0.3, 0.4) is 0 Å². The summed E-state index contributed by atoms with van der Waals surface area (Å²) in [6.07, 6.45) is 4.99. The summed E-state index contributed by atoms with van der Waals surface area (Å²) in [7, 11) is 0. The molecule has 2 amide bonds. The number of carbonyl (C=O) groups excluding carboxylic acids is 2. The monoisotopic (exact) mass is 316 g/mol. The van der Waals surface area contributed by atoms with Gasteiger partial charge >= 0.3 is 0 Å². The number of carbonyl (C=O) groups is 2. The highest BCUT2D eigenvalue weighted by molar-refractivity contribution is 8.00. The van der Waals surface area contributed by atoms with Gasteiger partial charge in [0.15, 0.2) is 0 Å². The third-order valence-electron chi connectivity index (χ3n) is 4.73. The van der Waals surface area contributed by atoms with Crippen molar-refractivity contribution in [1.82, 2.24) is 5.32 Å². The molecule has 0 spiro atoms. The summed E-state index contributed by atoms with van der Waals surface area (Å²) in [6.45, 7) is 1.89. The Hall–Kier alpha value is -1.49. The lowest BCUT2D eigenvalue weighted by atomic mass is 10.1. The van der Waals surface area contributed by atoms with Crippen LogP contribution in [0.15, 0.2) is 23.1 Å². The number of hydrogen-bond acceptors (Lipinski definition) is 3. The first-order valence-electron chi connectivity index (χ1n) is 8.04. The molecule has 22 heavy (non-hydrogen) atoms. The molecule has 1 aliphatic heterocycles. The van der Waals surface area contributed by atoms with Crippen LogP contribution in [0.4, 0.5) is 5.69 Å². The fourth-order valence-corrected chi connectivity index (χ4v) is 4.05. The summed E-state index contributed by atoms with van der Waals surface area (Å²) in [5, 5.41) is 6.03. The van der Waals surface area contributed by atoms with Gasteiger partial charge in [0.1, 0.15) is 0 Å². The topological polar surface area (TPSA) is 58.2 Å². The van der Waals surface area contributed by atoms with Gasteiger partial charge in [-0.2, -0.15) is 0 Å². The Balaban J connectivity index is 1.51. The van der Waals surface area contributed by atoms with Crippen LogP contribution in [0.5, 0.6) is 0 Å². The van der Waals surface area contributed by atoms with Gasteiger partial charge in [-0.3, -0.25) is 9.59 Å². The van der Waals surface area contributed by atoms with Crippen molar-refractivity contribution in [3.05, 3.63) is 23.8 Å². The molecule has 1 heterocycles. The Labute approximate surface area is 134 Å². The Morgan fingerprint density at radius 3 is 2.59 bits per heavy atom. The molecule has 3 aliphatic rings. The van der Waals surface area contributed by atoms with E-state index < -0.39 is 0 Å². The van der Waals surface area contributed by atoms with Gasteiger partial charge in [0.25, 0.3) is 5.91 Å². The molecule has 0 saturated heterocycles. The molecule has 1 aromatic rings. The molecule has 0 bridgehead atoms. The standard InChI is InChI=1S/C17H20N2O2S/c1-9-16(20)18-13-8-12(6-7-14(13)22-9)17(21)19-15(10-2-3-10)11-4-5-11/h6-11,15H,2-5H2,1H3,(H,18,20)(H,19,21)/t9-/m0/s1. The van der Waals surface area contributed by atoms with E-state index in [-0.39, 0.29) is 17.1 Å². The van der Waals surface area contributed by atoms with Gasteiger partial charge in [0, 0.05) is 16.5 Å². The summed E-state index contributed by atoms with van der Waals surface area (Å²) in [5.41, 5.74) is 1.40. The van der Waals surface area contributed by atoms with Crippen LogP contribution in [0, 0.1) is 11.8 Å². The zero-order valence-electron chi connectivity index (χ0n) is 12.6. The largest absolute Gasteiger partial charge is 0.349 e. The Morgan fingerprint density at radius 1 is 1.27 bits per heavy atom. The second-order valence-electron chi connectivity index (χ2n) is 6.63. The van der Waals surface area contributed by atoms with E-state index in [0.717, 1.165) is 10.6 Å². The zero-order chi connectivity index (χ0) is 15.3. The third kappa shape index (κ3) is 2.74. The van der Waals surface area contributed by atoms with Gasteiger partial charge < -0.3 is 10.6 Å². The molecular weight excluding hydrogens is 296 g/mol. The van der Waals surface area contributed by atoms with Gasteiger partial charge in [-0.05, 0) is 62.6 Å². The average Bonchev–Trinajstić information content (AvgIpc) is 3.38. The number of fused-ring (bicyclic) bond motifs is 1. The van der Waals surface area contributed by atoms with Crippen LogP contribution in [-0.2, 0) is 4.79 Å². The third-order valence-corrected chi connectivity index (χ3v) is 5.91. The van der Waals surface area contributed by atoms with Crippen molar-refractivity contribution in [3.8, 4) is 0 Å². The summed E-state index contributed by atoms with van der Waals surface area (Å²) in [4.78, 5) is 25.3. The van der Waals surface area contributed by atoms with E-state index in [4.69, 9.17) is 0 Å². The maximum absolute atomic E-state index is 12.5. The van der Waals surface area contributed by atoms with Gasteiger partial charge in [-0.1, -0.05) is 0 Å². The molecule has 1 aromatic carbocycles. The maximum Gasteiger partial charge on any atom is 0.251 e. The summed E-state index contributed by atoms with van der Waals surface area (Å²) in [5.74, 6) is 1.36. The fraction of sp³-hybridized carbons (Fsp3) is 0.529. The zero-order valence-corrected chi connectivity index (χ0v) is 13.4. The highest BCUT2D eigenvalue weighted by Crippen LogP contribution is 2.44. The number of thioether (sulfide) groups is 1. The normalized spacial score (nSPS) is 23.9. The summed E-state index contributed by atoms with van der Waals surface area (Å²) < 4.78 is 0. The van der Waals surface area contributed by atoms with Gasteiger partial charge in [0.2, 0.25) is 5.91 Å². The smallest absolute Gasteiger partial charge is 0.251 e. The van der Waals surface area contributed by atoms with E-state index in [0.29, 0.717) is 23.4 Å². The quantitative estimate of drug-likeness (QED) is 0.897. The number of rotatable bonds is 4. The molecule has 4 nitrogen and oxygen atoms in total. The van der Waals surface area contributed by atoms with Crippen LogP contribution in [0.25, 0.3) is 0 Å². The predicted octanol–water partition coefficient (Wildman–Crippen LogP) is 3.04. The molecular formula is C17H20N2O2S. The first kappa shape index (κ1) is 14.1. The van der Waals surface area contributed by atoms with Crippen molar-refractivity contribution in [3.63, 3.8) is 0 Å². The molecule has 2 aliphatic carbocycles. The number of hydrogen-bond donors (Lipinski definition) is 2. The predicted molar refractivity (Wildman–Crippen MR) is 87.1 cm³/mol. The van der Waals surface area contributed by atoms with Crippen molar-refractivity contribution >= 4 is 29.3 Å². The van der Waals surface area contributed by atoms with Crippen molar-refractivity contribution in [1.29, 1.82) is 0 Å². The SMILES string of the molecule is C[C@@H]1Sc2ccc(C(=O)NC(C3CC3)C3CC3)cc2NC1=O. The van der Waals surface area contributed by atoms with Crippen LogP contribution in [0.1, 0.15) is 43.0 Å². The minimum atomic E-state index is -0.0821. The van der Waals surface area contributed by atoms with Crippen LogP contribution >= 0.6 is 11.8 Å². The second kappa shape index (κ2) is 5.30. The molecule has 0 radical (unpaired) electrons. The molecule has 2 N–H and O–H groups in total. The van der Waals surface area contributed by atoms with Gasteiger partial charge in [-0.25, -0.2) is 0 Å². The minimum absolute atomic E-state index is 0.00361. The van der Waals surface area contributed by atoms with E-state index in [1.54, 1.807) is 17.8 Å². The molecule has 0 aromatic heterocycles. The van der Waals surface area contributed by atoms with Crippen LogP contribution < -0.4 is 10.6 Å². The highest BCUT2D eigenvalue weighted by atomic mass is 32.2. The lowest BCUT2D eigenvalue weighted by Gasteiger charge is -2.22. The minimum Gasteiger partial charge on any atom is -0.349 e. The molecule has 0 unspecified atom stereocenters. The molecule has 2 fully saturated rings. The lowest BCUT2D eigenvalue weighted by Crippen LogP contribution is -2.38. The fourth-order valence-electron chi connectivity index (χ4n) is 3.12. The molecule has 5 heteroatoms. The van der Waals surface area contributed by atoms with Crippen molar-refractivity contribution < 1.29 is 9.59 Å².